The van der Waals surface area contributed by atoms with Gasteiger partial charge in [-0.3, -0.25) is 4.68 Å². The van der Waals surface area contributed by atoms with E-state index in [1.807, 2.05) is 44.6 Å². The second kappa shape index (κ2) is 5.01. The molecule has 90 valence electrons. The third-order valence-electron chi connectivity index (χ3n) is 2.77. The van der Waals surface area contributed by atoms with Crippen molar-refractivity contribution in [3.63, 3.8) is 0 Å². The van der Waals surface area contributed by atoms with Crippen LogP contribution in [0.1, 0.15) is 17.3 Å². The minimum atomic E-state index is 0.0485. The van der Waals surface area contributed by atoms with Crippen LogP contribution in [0.25, 0.3) is 0 Å². The maximum atomic E-state index is 5.38. The van der Waals surface area contributed by atoms with E-state index in [1.165, 1.54) is 0 Å². The van der Waals surface area contributed by atoms with E-state index in [9.17, 15) is 0 Å². The summed E-state index contributed by atoms with van der Waals surface area (Å²) in [4.78, 5) is 0. The van der Waals surface area contributed by atoms with E-state index >= 15 is 0 Å². The normalized spacial score (nSPS) is 12.4. The van der Waals surface area contributed by atoms with Gasteiger partial charge in [0.1, 0.15) is 5.75 Å². The predicted octanol–water partition coefficient (Wildman–Crippen LogP) is 1.74. The van der Waals surface area contributed by atoms with Crippen molar-refractivity contribution >= 4 is 0 Å². The Hall–Kier alpha value is -1.81. The number of rotatable bonds is 4. The summed E-state index contributed by atoms with van der Waals surface area (Å²) < 4.78 is 7.18. The first-order valence-electron chi connectivity index (χ1n) is 5.56. The smallest absolute Gasteiger partial charge is 0.124 e. The standard InChI is InChI=1S/C13H17N3O/c1-14-13(11-8-9-16(2)15-11)10-6-4-5-7-12(10)17-3/h4-9,13-14H,1-3H3. The van der Waals surface area contributed by atoms with E-state index in [1.54, 1.807) is 11.8 Å². The van der Waals surface area contributed by atoms with Gasteiger partial charge in [0.25, 0.3) is 0 Å². The first-order valence-corrected chi connectivity index (χ1v) is 5.56. The largest absolute Gasteiger partial charge is 0.496 e. The molecule has 1 heterocycles. The lowest BCUT2D eigenvalue weighted by atomic mass is 10.0. The summed E-state index contributed by atoms with van der Waals surface area (Å²) in [5.41, 5.74) is 2.08. The van der Waals surface area contributed by atoms with Gasteiger partial charge in [-0.25, -0.2) is 0 Å². The molecule has 1 aromatic heterocycles. The van der Waals surface area contributed by atoms with Crippen molar-refractivity contribution in [3.8, 4) is 5.75 Å². The molecular formula is C13H17N3O. The predicted molar refractivity (Wildman–Crippen MR) is 67.1 cm³/mol. The number of nitrogens with zero attached hydrogens (tertiary/aromatic N) is 2. The zero-order valence-electron chi connectivity index (χ0n) is 10.3. The number of methoxy groups -OCH3 is 1. The van der Waals surface area contributed by atoms with Gasteiger partial charge < -0.3 is 10.1 Å². The Balaban J connectivity index is 2.41. The van der Waals surface area contributed by atoms with Crippen LogP contribution in [0.4, 0.5) is 0 Å². The molecule has 1 aromatic carbocycles. The van der Waals surface area contributed by atoms with E-state index < -0.39 is 0 Å². The maximum absolute atomic E-state index is 5.38. The second-order valence-corrected chi connectivity index (χ2v) is 3.88. The van der Waals surface area contributed by atoms with Crippen LogP contribution in [0.5, 0.6) is 5.75 Å². The van der Waals surface area contributed by atoms with Crippen molar-refractivity contribution in [1.29, 1.82) is 0 Å². The fourth-order valence-electron chi connectivity index (χ4n) is 1.95. The van der Waals surface area contributed by atoms with E-state index in [4.69, 9.17) is 4.74 Å². The topological polar surface area (TPSA) is 39.1 Å². The van der Waals surface area contributed by atoms with Crippen molar-refractivity contribution in [2.24, 2.45) is 7.05 Å². The van der Waals surface area contributed by atoms with Crippen molar-refractivity contribution in [2.45, 2.75) is 6.04 Å². The molecule has 0 saturated heterocycles. The van der Waals surface area contributed by atoms with Gasteiger partial charge in [-0.05, 0) is 19.2 Å². The van der Waals surface area contributed by atoms with Crippen molar-refractivity contribution < 1.29 is 4.74 Å². The van der Waals surface area contributed by atoms with Crippen LogP contribution in [0.15, 0.2) is 36.5 Å². The zero-order chi connectivity index (χ0) is 12.3. The summed E-state index contributed by atoms with van der Waals surface area (Å²) in [6.45, 7) is 0. The molecule has 1 atom stereocenters. The van der Waals surface area contributed by atoms with Gasteiger partial charge in [-0.2, -0.15) is 5.10 Å². The van der Waals surface area contributed by atoms with Crippen LogP contribution in [-0.4, -0.2) is 23.9 Å². The number of hydrogen-bond donors (Lipinski definition) is 1. The molecule has 0 spiro atoms. The van der Waals surface area contributed by atoms with Gasteiger partial charge in [0.15, 0.2) is 0 Å². The number of nitrogens with one attached hydrogen (secondary N) is 1. The summed E-state index contributed by atoms with van der Waals surface area (Å²) in [5, 5.41) is 7.70. The molecule has 4 nitrogen and oxygen atoms in total. The fourth-order valence-corrected chi connectivity index (χ4v) is 1.95. The molecular weight excluding hydrogens is 214 g/mol. The highest BCUT2D eigenvalue weighted by Crippen LogP contribution is 2.28. The maximum Gasteiger partial charge on any atom is 0.124 e. The molecule has 0 fully saturated rings. The number of hydrogen-bond acceptors (Lipinski definition) is 3. The summed E-state index contributed by atoms with van der Waals surface area (Å²) in [7, 11) is 5.52. The Morgan fingerprint density at radius 1 is 1.29 bits per heavy atom. The number of aromatic nitrogens is 2. The van der Waals surface area contributed by atoms with Crippen LogP contribution in [0.3, 0.4) is 0 Å². The Morgan fingerprint density at radius 3 is 2.65 bits per heavy atom. The Morgan fingerprint density at radius 2 is 2.06 bits per heavy atom. The van der Waals surface area contributed by atoms with Gasteiger partial charge in [0.05, 0.1) is 18.8 Å². The lowest BCUT2D eigenvalue weighted by Crippen LogP contribution is -2.19. The average Bonchev–Trinajstić information content (AvgIpc) is 2.77. The number of para-hydroxylation sites is 1. The van der Waals surface area contributed by atoms with Crippen LogP contribution in [0, 0.1) is 0 Å². The van der Waals surface area contributed by atoms with Gasteiger partial charge in [-0.15, -0.1) is 0 Å². The van der Waals surface area contributed by atoms with Crippen LogP contribution >= 0.6 is 0 Å². The van der Waals surface area contributed by atoms with Gasteiger partial charge in [-0.1, -0.05) is 18.2 Å². The third kappa shape index (κ3) is 2.31. The Bertz CT molecular complexity index is 493. The van der Waals surface area contributed by atoms with E-state index in [-0.39, 0.29) is 6.04 Å². The monoisotopic (exact) mass is 231 g/mol. The molecule has 0 radical (unpaired) electrons. The summed E-state index contributed by atoms with van der Waals surface area (Å²) in [5.74, 6) is 0.873. The highest BCUT2D eigenvalue weighted by molar-refractivity contribution is 5.39. The highest BCUT2D eigenvalue weighted by Gasteiger charge is 2.17. The molecule has 17 heavy (non-hydrogen) atoms. The molecule has 0 saturated carbocycles. The minimum absolute atomic E-state index is 0.0485. The SMILES string of the molecule is CNC(c1ccn(C)n1)c1ccccc1OC. The fraction of sp³-hybridized carbons (Fsp3) is 0.308. The first-order chi connectivity index (χ1) is 8.26. The summed E-state index contributed by atoms with van der Waals surface area (Å²) in [6, 6.07) is 10.0. The molecule has 4 heteroatoms. The molecule has 2 rings (SSSR count). The Labute approximate surface area is 101 Å². The van der Waals surface area contributed by atoms with Crippen LogP contribution in [0.2, 0.25) is 0 Å². The second-order valence-electron chi connectivity index (χ2n) is 3.88. The average molecular weight is 231 g/mol. The number of benzene rings is 1. The minimum Gasteiger partial charge on any atom is -0.496 e. The molecule has 0 amide bonds. The molecule has 1 unspecified atom stereocenters. The first kappa shape index (κ1) is 11.7. The van der Waals surface area contributed by atoms with Crippen LogP contribution in [-0.2, 0) is 7.05 Å². The summed E-state index contributed by atoms with van der Waals surface area (Å²) >= 11 is 0. The van der Waals surface area contributed by atoms with E-state index in [0.717, 1.165) is 17.0 Å². The van der Waals surface area contributed by atoms with E-state index in [0.29, 0.717) is 0 Å². The van der Waals surface area contributed by atoms with Crippen molar-refractivity contribution in [2.75, 3.05) is 14.2 Å². The summed E-state index contributed by atoms with van der Waals surface area (Å²) in [6.07, 6.45) is 1.94. The molecule has 0 bridgehead atoms. The highest BCUT2D eigenvalue weighted by atomic mass is 16.5. The molecule has 0 aliphatic heterocycles. The molecule has 2 aromatic rings. The van der Waals surface area contributed by atoms with Gasteiger partial charge in [0.2, 0.25) is 0 Å². The number of aryl methyl sites for hydroxylation is 1. The van der Waals surface area contributed by atoms with Crippen molar-refractivity contribution in [3.05, 3.63) is 47.8 Å². The molecule has 1 N–H and O–H groups in total. The lowest BCUT2D eigenvalue weighted by Gasteiger charge is -2.17. The van der Waals surface area contributed by atoms with Crippen molar-refractivity contribution in [1.82, 2.24) is 15.1 Å². The Kier molecular flexibility index (Phi) is 3.44. The molecule has 0 aliphatic carbocycles. The quantitative estimate of drug-likeness (QED) is 0.871. The van der Waals surface area contributed by atoms with Crippen LogP contribution < -0.4 is 10.1 Å². The molecule has 0 aliphatic rings. The van der Waals surface area contributed by atoms with Gasteiger partial charge in [0, 0.05) is 18.8 Å². The zero-order valence-corrected chi connectivity index (χ0v) is 10.3. The number of ether oxygens (including phenoxy) is 1. The van der Waals surface area contributed by atoms with Gasteiger partial charge >= 0.3 is 0 Å². The third-order valence-corrected chi connectivity index (χ3v) is 2.77. The lowest BCUT2D eigenvalue weighted by molar-refractivity contribution is 0.405. The van der Waals surface area contributed by atoms with E-state index in [2.05, 4.69) is 16.5 Å².